The van der Waals surface area contributed by atoms with Crippen LogP contribution in [0.2, 0.25) is 0 Å². The number of fused-ring (bicyclic) bond motifs is 1. The van der Waals surface area contributed by atoms with Crippen molar-refractivity contribution in [3.05, 3.63) is 95.2 Å². The molecule has 0 radical (unpaired) electrons. The molecule has 1 N–H and O–H groups in total. The van der Waals surface area contributed by atoms with Crippen molar-refractivity contribution in [2.75, 3.05) is 0 Å². The monoisotopic (exact) mass is 441 g/mol. The molecule has 32 heavy (non-hydrogen) atoms. The van der Waals surface area contributed by atoms with Crippen molar-refractivity contribution >= 4 is 40.0 Å². The molecule has 7 heteroatoms. The summed E-state index contributed by atoms with van der Waals surface area (Å²) in [5.41, 5.74) is 3.92. The number of hydrogen-bond donors (Lipinski definition) is 1. The van der Waals surface area contributed by atoms with Crippen molar-refractivity contribution in [1.82, 2.24) is 14.9 Å². The largest absolute Gasteiger partial charge is 0.457 e. The number of aryl methyl sites for hydroxylation is 2. The van der Waals surface area contributed by atoms with Gasteiger partial charge in [-0.1, -0.05) is 36.4 Å². The fraction of sp³-hybridized carbons (Fsp3) is 0.0800. The number of carbonyl (C=O) groups excluding carboxylic acids is 2. The predicted octanol–water partition coefficient (Wildman–Crippen LogP) is 5.40. The molecule has 1 saturated heterocycles. The first kappa shape index (κ1) is 20.1. The molecule has 2 heterocycles. The third-order valence-corrected chi connectivity index (χ3v) is 5.94. The first-order valence-electron chi connectivity index (χ1n) is 10.2. The molecular formula is C25H19N3O3S. The van der Waals surface area contributed by atoms with Gasteiger partial charge in [0.2, 0.25) is 0 Å². The number of nitrogens with zero attached hydrogens (tertiary/aromatic N) is 2. The Balaban J connectivity index is 1.29. The van der Waals surface area contributed by atoms with E-state index in [4.69, 9.17) is 4.74 Å². The van der Waals surface area contributed by atoms with E-state index in [1.807, 2.05) is 67.0 Å². The van der Waals surface area contributed by atoms with Gasteiger partial charge in [-0.2, -0.15) is 0 Å². The first-order chi connectivity index (χ1) is 15.6. The van der Waals surface area contributed by atoms with Crippen LogP contribution in [-0.2, 0) is 17.8 Å². The van der Waals surface area contributed by atoms with Crippen LogP contribution >= 0.6 is 11.8 Å². The standard InChI is InChI=1S/C25H19N3O3S/c29-24-23(32-25(30)27-24)15-18-8-11-21-22(14-18)28(16-26-21)13-12-17-6-9-20(10-7-17)31-19-4-2-1-3-5-19/h1-11,14-16H,12-13H2,(H,27,29,30)/b23-15+. The number of thioether (sulfide) groups is 1. The van der Waals surface area contributed by atoms with Crippen molar-refractivity contribution in [2.24, 2.45) is 0 Å². The maximum atomic E-state index is 11.8. The zero-order chi connectivity index (χ0) is 21.9. The molecule has 0 saturated carbocycles. The summed E-state index contributed by atoms with van der Waals surface area (Å²) in [6, 6.07) is 23.6. The van der Waals surface area contributed by atoms with E-state index in [9.17, 15) is 9.59 Å². The minimum Gasteiger partial charge on any atom is -0.457 e. The van der Waals surface area contributed by atoms with E-state index in [-0.39, 0.29) is 11.1 Å². The molecule has 4 aromatic rings. The predicted molar refractivity (Wildman–Crippen MR) is 126 cm³/mol. The molecule has 5 rings (SSSR count). The molecule has 158 valence electrons. The van der Waals surface area contributed by atoms with Crippen LogP contribution in [0.1, 0.15) is 11.1 Å². The molecule has 1 aliphatic rings. The molecule has 0 bridgehead atoms. The maximum absolute atomic E-state index is 11.8. The molecule has 0 atom stereocenters. The summed E-state index contributed by atoms with van der Waals surface area (Å²) < 4.78 is 7.95. The van der Waals surface area contributed by atoms with Crippen molar-refractivity contribution in [2.45, 2.75) is 13.0 Å². The molecule has 0 spiro atoms. The summed E-state index contributed by atoms with van der Waals surface area (Å²) in [7, 11) is 0. The summed E-state index contributed by atoms with van der Waals surface area (Å²) in [6.07, 6.45) is 4.40. The van der Waals surface area contributed by atoms with Crippen LogP contribution in [0.5, 0.6) is 11.5 Å². The van der Waals surface area contributed by atoms with E-state index >= 15 is 0 Å². The third-order valence-electron chi connectivity index (χ3n) is 5.13. The number of rotatable bonds is 6. The van der Waals surface area contributed by atoms with Crippen LogP contribution < -0.4 is 10.1 Å². The normalized spacial score (nSPS) is 14.8. The molecule has 6 nitrogen and oxygen atoms in total. The lowest BCUT2D eigenvalue weighted by Crippen LogP contribution is -2.17. The Bertz CT molecular complexity index is 1330. The van der Waals surface area contributed by atoms with E-state index in [1.54, 1.807) is 6.08 Å². The Morgan fingerprint density at radius 2 is 1.75 bits per heavy atom. The van der Waals surface area contributed by atoms with Crippen molar-refractivity contribution in [3.8, 4) is 11.5 Å². The van der Waals surface area contributed by atoms with E-state index in [0.717, 1.165) is 52.8 Å². The molecule has 3 aromatic carbocycles. The molecule has 2 amide bonds. The number of nitrogens with one attached hydrogen (secondary N) is 1. The second-order valence-electron chi connectivity index (χ2n) is 7.35. The van der Waals surface area contributed by atoms with Crippen LogP contribution in [0.3, 0.4) is 0 Å². The summed E-state index contributed by atoms with van der Waals surface area (Å²) in [5, 5.41) is 1.94. The highest BCUT2D eigenvalue weighted by Gasteiger charge is 2.24. The van der Waals surface area contributed by atoms with E-state index in [2.05, 4.69) is 27.0 Å². The van der Waals surface area contributed by atoms with Crippen LogP contribution in [-0.4, -0.2) is 20.7 Å². The third kappa shape index (κ3) is 4.43. The Hall–Kier alpha value is -3.84. The maximum Gasteiger partial charge on any atom is 0.290 e. The van der Waals surface area contributed by atoms with E-state index in [1.165, 1.54) is 5.56 Å². The van der Waals surface area contributed by atoms with Gasteiger partial charge in [-0.15, -0.1) is 0 Å². The molecule has 1 fully saturated rings. The minimum absolute atomic E-state index is 0.340. The van der Waals surface area contributed by atoms with Gasteiger partial charge in [0, 0.05) is 6.54 Å². The Morgan fingerprint density at radius 3 is 2.50 bits per heavy atom. The van der Waals surface area contributed by atoms with Gasteiger partial charge in [0.1, 0.15) is 11.5 Å². The lowest BCUT2D eigenvalue weighted by atomic mass is 10.1. The summed E-state index contributed by atoms with van der Waals surface area (Å²) in [6.45, 7) is 0.767. The zero-order valence-corrected chi connectivity index (χ0v) is 17.8. The summed E-state index contributed by atoms with van der Waals surface area (Å²) in [5.74, 6) is 1.26. The zero-order valence-electron chi connectivity index (χ0n) is 17.0. The first-order valence-corrected chi connectivity index (χ1v) is 11.0. The molecular weight excluding hydrogens is 422 g/mol. The number of ether oxygens (including phenoxy) is 1. The molecule has 0 unspecified atom stereocenters. The van der Waals surface area contributed by atoms with Crippen LogP contribution in [0.4, 0.5) is 4.79 Å². The van der Waals surface area contributed by atoms with E-state index in [0.29, 0.717) is 4.91 Å². The number of benzene rings is 3. The van der Waals surface area contributed by atoms with Crippen LogP contribution in [0, 0.1) is 0 Å². The fourth-order valence-corrected chi connectivity index (χ4v) is 4.19. The Labute approximate surface area is 188 Å². The number of imidazole rings is 1. The van der Waals surface area contributed by atoms with Gasteiger partial charge in [0.25, 0.3) is 11.1 Å². The number of imide groups is 1. The Morgan fingerprint density at radius 1 is 0.969 bits per heavy atom. The van der Waals surface area contributed by atoms with Crippen LogP contribution in [0.15, 0.2) is 84.0 Å². The highest BCUT2D eigenvalue weighted by atomic mass is 32.2. The number of para-hydroxylation sites is 1. The van der Waals surface area contributed by atoms with Gasteiger partial charge in [0.05, 0.1) is 22.3 Å². The van der Waals surface area contributed by atoms with Gasteiger partial charge >= 0.3 is 0 Å². The molecule has 0 aliphatic carbocycles. The Kier molecular flexibility index (Phi) is 5.47. The van der Waals surface area contributed by atoms with E-state index < -0.39 is 0 Å². The van der Waals surface area contributed by atoms with Crippen molar-refractivity contribution < 1.29 is 14.3 Å². The summed E-state index contributed by atoms with van der Waals surface area (Å²) >= 11 is 0.918. The average Bonchev–Trinajstić information content (AvgIpc) is 3.35. The fourth-order valence-electron chi connectivity index (χ4n) is 3.51. The second-order valence-corrected chi connectivity index (χ2v) is 8.36. The van der Waals surface area contributed by atoms with Gasteiger partial charge in [0.15, 0.2) is 0 Å². The number of amides is 2. The highest BCUT2D eigenvalue weighted by Crippen LogP contribution is 2.27. The van der Waals surface area contributed by atoms with Gasteiger partial charge in [-0.25, -0.2) is 4.98 Å². The average molecular weight is 442 g/mol. The second kappa shape index (κ2) is 8.72. The lowest BCUT2D eigenvalue weighted by Gasteiger charge is -2.08. The molecule has 1 aliphatic heterocycles. The topological polar surface area (TPSA) is 73.2 Å². The highest BCUT2D eigenvalue weighted by molar-refractivity contribution is 8.18. The van der Waals surface area contributed by atoms with Gasteiger partial charge in [-0.05, 0) is 71.8 Å². The smallest absolute Gasteiger partial charge is 0.290 e. The number of hydrogen-bond acceptors (Lipinski definition) is 5. The number of aromatic nitrogens is 2. The quantitative estimate of drug-likeness (QED) is 0.406. The van der Waals surface area contributed by atoms with Crippen molar-refractivity contribution in [1.29, 1.82) is 0 Å². The van der Waals surface area contributed by atoms with Crippen molar-refractivity contribution in [3.63, 3.8) is 0 Å². The van der Waals surface area contributed by atoms with Gasteiger partial charge < -0.3 is 9.30 Å². The lowest BCUT2D eigenvalue weighted by molar-refractivity contribution is -0.115. The summed E-state index contributed by atoms with van der Waals surface area (Å²) in [4.78, 5) is 28.1. The minimum atomic E-state index is -0.353. The van der Waals surface area contributed by atoms with Crippen LogP contribution in [0.25, 0.3) is 17.1 Å². The SMILES string of the molecule is O=C1NC(=O)/C(=C\c2ccc3ncn(CCc4ccc(Oc5ccccc5)cc4)c3c2)S1. The number of carbonyl (C=O) groups is 2. The van der Waals surface area contributed by atoms with Gasteiger partial charge in [-0.3, -0.25) is 14.9 Å². The molecule has 1 aromatic heterocycles.